The van der Waals surface area contributed by atoms with Crippen LogP contribution in [0, 0.1) is 5.41 Å². The summed E-state index contributed by atoms with van der Waals surface area (Å²) in [5.41, 5.74) is 4.91. The van der Waals surface area contributed by atoms with Crippen molar-refractivity contribution in [3.63, 3.8) is 0 Å². The number of hydrogen-bond acceptors (Lipinski definition) is 2. The van der Waals surface area contributed by atoms with Crippen LogP contribution in [-0.2, 0) is 11.3 Å². The molecule has 3 heteroatoms. The van der Waals surface area contributed by atoms with Crippen molar-refractivity contribution in [1.29, 1.82) is 0 Å². The second-order valence-electron chi connectivity index (χ2n) is 7.63. The van der Waals surface area contributed by atoms with Crippen LogP contribution in [0.25, 0.3) is 0 Å². The quantitative estimate of drug-likeness (QED) is 0.756. The predicted octanol–water partition coefficient (Wildman–Crippen LogP) is 4.58. The first kappa shape index (κ1) is 15.4. The van der Waals surface area contributed by atoms with Gasteiger partial charge >= 0.3 is 0 Å². The number of amides is 1. The maximum Gasteiger partial charge on any atom is 0.227 e. The van der Waals surface area contributed by atoms with Gasteiger partial charge in [0.2, 0.25) is 5.91 Å². The van der Waals surface area contributed by atoms with E-state index in [1.807, 2.05) is 12.1 Å². The molecule has 0 saturated carbocycles. The summed E-state index contributed by atoms with van der Waals surface area (Å²) in [7, 11) is 0. The predicted molar refractivity (Wildman–Crippen MR) is 99.8 cm³/mol. The van der Waals surface area contributed by atoms with Crippen molar-refractivity contribution in [1.82, 2.24) is 5.32 Å². The van der Waals surface area contributed by atoms with Crippen LogP contribution in [-0.4, -0.2) is 5.91 Å². The molecule has 0 aliphatic heterocycles. The number of nitrogens with one attached hydrogen (secondary N) is 1. The van der Waals surface area contributed by atoms with E-state index in [1.165, 1.54) is 22.3 Å². The highest BCUT2D eigenvalue weighted by Gasteiger charge is 2.53. The molecule has 2 aromatic carbocycles. The fraction of sp³-hybridized carbons (Fsp3) is 0.261. The van der Waals surface area contributed by atoms with E-state index in [0.29, 0.717) is 6.54 Å². The van der Waals surface area contributed by atoms with Gasteiger partial charge in [0, 0.05) is 11.8 Å². The van der Waals surface area contributed by atoms with Gasteiger partial charge in [-0.2, -0.15) is 0 Å². The van der Waals surface area contributed by atoms with E-state index in [-0.39, 0.29) is 17.7 Å². The van der Waals surface area contributed by atoms with Crippen molar-refractivity contribution in [2.24, 2.45) is 5.41 Å². The molecule has 3 aliphatic carbocycles. The minimum atomic E-state index is -0.458. The van der Waals surface area contributed by atoms with Gasteiger partial charge in [0.25, 0.3) is 0 Å². The van der Waals surface area contributed by atoms with Gasteiger partial charge < -0.3 is 9.73 Å². The van der Waals surface area contributed by atoms with Gasteiger partial charge in [-0.1, -0.05) is 48.5 Å². The number of rotatable bonds is 3. The molecule has 3 nitrogen and oxygen atoms in total. The molecular formula is C23H21NO2. The van der Waals surface area contributed by atoms with Crippen molar-refractivity contribution in [3.8, 4) is 0 Å². The minimum Gasteiger partial charge on any atom is -0.467 e. The molecule has 3 aromatic rings. The van der Waals surface area contributed by atoms with Crippen molar-refractivity contribution in [2.45, 2.75) is 31.7 Å². The molecule has 2 bridgehead atoms. The van der Waals surface area contributed by atoms with Gasteiger partial charge in [-0.3, -0.25) is 4.79 Å². The number of hydrogen-bond donors (Lipinski definition) is 1. The van der Waals surface area contributed by atoms with Crippen LogP contribution in [0.4, 0.5) is 0 Å². The number of carbonyl (C=O) groups is 1. The van der Waals surface area contributed by atoms with Gasteiger partial charge in [-0.05, 0) is 47.7 Å². The summed E-state index contributed by atoms with van der Waals surface area (Å²) in [5.74, 6) is 1.26. The van der Waals surface area contributed by atoms with Gasteiger partial charge in [-0.15, -0.1) is 0 Å². The van der Waals surface area contributed by atoms with Crippen LogP contribution in [0.5, 0.6) is 0 Å². The summed E-state index contributed by atoms with van der Waals surface area (Å²) < 4.78 is 5.36. The SMILES string of the molecule is CC1(C(=O)NCc2ccco2)CC2c3ccccc3C1c1ccccc12. The zero-order chi connectivity index (χ0) is 17.7. The first-order valence-electron chi connectivity index (χ1n) is 9.17. The highest BCUT2D eigenvalue weighted by atomic mass is 16.3. The van der Waals surface area contributed by atoms with E-state index >= 15 is 0 Å². The number of fused-ring (bicyclic) bond motifs is 1. The third-order valence-electron chi connectivity index (χ3n) is 6.15. The van der Waals surface area contributed by atoms with E-state index < -0.39 is 5.41 Å². The number of carbonyl (C=O) groups excluding carboxylic acids is 1. The van der Waals surface area contributed by atoms with Crippen LogP contribution >= 0.6 is 0 Å². The summed E-state index contributed by atoms with van der Waals surface area (Å²) in [4.78, 5) is 13.3. The summed E-state index contributed by atoms with van der Waals surface area (Å²) in [6, 6.07) is 21.0. The van der Waals surface area contributed by atoms with Crippen LogP contribution in [0.3, 0.4) is 0 Å². The zero-order valence-corrected chi connectivity index (χ0v) is 14.7. The molecule has 26 heavy (non-hydrogen) atoms. The third-order valence-corrected chi connectivity index (χ3v) is 6.15. The van der Waals surface area contributed by atoms with Gasteiger partial charge in [0.1, 0.15) is 5.76 Å². The van der Waals surface area contributed by atoms with Crippen molar-refractivity contribution >= 4 is 5.91 Å². The molecular weight excluding hydrogens is 322 g/mol. The second-order valence-corrected chi connectivity index (χ2v) is 7.63. The Morgan fingerprint density at radius 2 is 1.62 bits per heavy atom. The molecule has 3 aliphatic rings. The Hall–Kier alpha value is -2.81. The highest BCUT2D eigenvalue weighted by Crippen LogP contribution is 2.60. The van der Waals surface area contributed by atoms with Gasteiger partial charge in [0.05, 0.1) is 18.2 Å². The van der Waals surface area contributed by atoms with Crippen molar-refractivity contribution < 1.29 is 9.21 Å². The minimum absolute atomic E-state index is 0.0940. The van der Waals surface area contributed by atoms with Crippen LogP contribution < -0.4 is 5.32 Å². The van der Waals surface area contributed by atoms with Crippen molar-refractivity contribution in [3.05, 3.63) is 94.9 Å². The Labute approximate surface area is 153 Å². The Kier molecular flexibility index (Phi) is 3.33. The molecule has 0 fully saturated rings. The lowest BCUT2D eigenvalue weighted by Gasteiger charge is -2.50. The summed E-state index contributed by atoms with van der Waals surface area (Å²) >= 11 is 0. The zero-order valence-electron chi connectivity index (χ0n) is 14.7. The topological polar surface area (TPSA) is 42.2 Å². The maximum absolute atomic E-state index is 13.3. The van der Waals surface area contributed by atoms with Crippen LogP contribution in [0.2, 0.25) is 0 Å². The Morgan fingerprint density at radius 3 is 2.19 bits per heavy atom. The monoisotopic (exact) mass is 343 g/mol. The number of furan rings is 1. The summed E-state index contributed by atoms with van der Waals surface area (Å²) in [5, 5.41) is 3.11. The standard InChI is InChI=1S/C23H21NO2/c1-23(22(25)24-14-15-7-6-12-26-15)13-20-16-8-2-4-10-18(16)21(23)19-11-5-3-9-17(19)20/h2-12,20-21H,13-14H2,1H3,(H,24,25). The molecule has 0 radical (unpaired) electrons. The average molecular weight is 343 g/mol. The molecule has 1 N–H and O–H groups in total. The molecule has 6 rings (SSSR count). The molecule has 1 heterocycles. The fourth-order valence-electron chi connectivity index (χ4n) is 4.97. The van der Waals surface area contributed by atoms with E-state index in [9.17, 15) is 4.79 Å². The molecule has 130 valence electrons. The molecule has 0 spiro atoms. The molecule has 1 unspecified atom stereocenters. The smallest absolute Gasteiger partial charge is 0.227 e. The fourth-order valence-corrected chi connectivity index (χ4v) is 4.97. The second kappa shape index (κ2) is 5.60. The third kappa shape index (κ3) is 2.10. The summed E-state index contributed by atoms with van der Waals surface area (Å²) in [6.45, 7) is 2.55. The van der Waals surface area contributed by atoms with Crippen molar-refractivity contribution in [2.75, 3.05) is 0 Å². The molecule has 1 atom stereocenters. The van der Waals surface area contributed by atoms with E-state index in [0.717, 1.165) is 12.2 Å². The molecule has 0 saturated heterocycles. The highest BCUT2D eigenvalue weighted by molar-refractivity contribution is 5.86. The lowest BCUT2D eigenvalue weighted by atomic mass is 9.52. The lowest BCUT2D eigenvalue weighted by molar-refractivity contribution is -0.132. The van der Waals surface area contributed by atoms with E-state index in [1.54, 1.807) is 6.26 Å². The normalized spacial score (nSPS) is 25.4. The van der Waals surface area contributed by atoms with Crippen LogP contribution in [0.15, 0.2) is 71.3 Å². The first-order valence-corrected chi connectivity index (χ1v) is 9.17. The van der Waals surface area contributed by atoms with Gasteiger partial charge in [-0.25, -0.2) is 0 Å². The largest absolute Gasteiger partial charge is 0.467 e. The first-order chi connectivity index (χ1) is 12.7. The molecule has 1 aromatic heterocycles. The van der Waals surface area contributed by atoms with E-state index in [2.05, 4.69) is 60.8 Å². The summed E-state index contributed by atoms with van der Waals surface area (Å²) in [6.07, 6.45) is 2.48. The maximum atomic E-state index is 13.3. The van der Waals surface area contributed by atoms with Crippen LogP contribution in [0.1, 0.15) is 53.2 Å². The lowest BCUT2D eigenvalue weighted by Crippen LogP contribution is -2.49. The van der Waals surface area contributed by atoms with E-state index in [4.69, 9.17) is 4.42 Å². The average Bonchev–Trinajstić information content (AvgIpc) is 3.20. The molecule has 1 amide bonds. The van der Waals surface area contributed by atoms with Gasteiger partial charge in [0.15, 0.2) is 0 Å². The Balaban J connectivity index is 1.56. The Bertz CT molecular complexity index is 928. The Morgan fingerprint density at radius 1 is 1.00 bits per heavy atom. The number of benzene rings is 2.